The van der Waals surface area contributed by atoms with Gasteiger partial charge in [0, 0.05) is 6.54 Å². The average molecular weight is 448 g/mol. The van der Waals surface area contributed by atoms with Gasteiger partial charge in [0.05, 0.1) is 6.54 Å². The van der Waals surface area contributed by atoms with Crippen molar-refractivity contribution in [2.75, 3.05) is 26.2 Å². The lowest BCUT2D eigenvalue weighted by atomic mass is 9.74. The molecule has 0 radical (unpaired) electrons. The second kappa shape index (κ2) is 11.0. The Kier molecular flexibility index (Phi) is 7.88. The third kappa shape index (κ3) is 5.50. The lowest BCUT2D eigenvalue weighted by Crippen LogP contribution is -2.56. The highest BCUT2D eigenvalue weighted by Gasteiger charge is 2.55. The summed E-state index contributed by atoms with van der Waals surface area (Å²) < 4.78 is 0. The minimum atomic E-state index is -0.791. The Labute approximate surface area is 198 Å². The Morgan fingerprint density at radius 1 is 1.09 bits per heavy atom. The highest BCUT2D eigenvalue weighted by atomic mass is 16.2. The van der Waals surface area contributed by atoms with E-state index in [1.165, 1.54) is 29.7 Å². The van der Waals surface area contributed by atoms with E-state index >= 15 is 0 Å². The minimum absolute atomic E-state index is 0.0702. The van der Waals surface area contributed by atoms with Crippen LogP contribution < -0.4 is 5.32 Å². The number of allylic oxidation sites excluding steroid dienone is 2. The maximum absolute atomic E-state index is 13.6. The van der Waals surface area contributed by atoms with Crippen LogP contribution in [0, 0.1) is 23.7 Å². The Balaban J connectivity index is 1.43. The predicted octanol–water partition coefficient (Wildman–Crippen LogP) is 4.39. The zero-order valence-corrected chi connectivity index (χ0v) is 19.9. The number of piperidine rings is 1. The average Bonchev–Trinajstić information content (AvgIpc) is 3.09. The molecule has 2 aliphatic heterocycles. The molecule has 1 aliphatic carbocycles. The van der Waals surface area contributed by atoms with Crippen LogP contribution in [0.5, 0.6) is 0 Å². The zero-order chi connectivity index (χ0) is 23.1. The number of urea groups is 1. The van der Waals surface area contributed by atoms with Gasteiger partial charge in [-0.2, -0.15) is 0 Å². The number of benzene rings is 1. The molecule has 0 saturated carbocycles. The van der Waals surface area contributed by atoms with Crippen LogP contribution in [0.1, 0.15) is 57.4 Å². The molecular weight excluding hydrogens is 410 g/mol. The van der Waals surface area contributed by atoms with Crippen molar-refractivity contribution in [3.05, 3.63) is 48.0 Å². The van der Waals surface area contributed by atoms with Crippen molar-refractivity contribution in [3.63, 3.8) is 0 Å². The van der Waals surface area contributed by atoms with Crippen molar-refractivity contribution in [2.45, 2.75) is 63.8 Å². The summed E-state index contributed by atoms with van der Waals surface area (Å²) in [6, 6.07) is 10.1. The van der Waals surface area contributed by atoms with Crippen LogP contribution in [0.25, 0.3) is 0 Å². The van der Waals surface area contributed by atoms with Crippen molar-refractivity contribution in [2.24, 2.45) is 11.8 Å². The highest BCUT2D eigenvalue weighted by molar-refractivity contribution is 6.07. The van der Waals surface area contributed by atoms with Crippen LogP contribution in [-0.2, 0) is 11.2 Å². The van der Waals surface area contributed by atoms with E-state index in [0.717, 1.165) is 51.2 Å². The van der Waals surface area contributed by atoms with E-state index in [1.807, 2.05) is 6.07 Å². The van der Waals surface area contributed by atoms with Crippen molar-refractivity contribution < 1.29 is 9.59 Å². The first kappa shape index (κ1) is 23.6. The van der Waals surface area contributed by atoms with Gasteiger partial charge in [0.15, 0.2) is 0 Å². The maximum Gasteiger partial charge on any atom is 0.325 e. The second-order valence-electron chi connectivity index (χ2n) is 9.78. The summed E-state index contributed by atoms with van der Waals surface area (Å²) in [4.78, 5) is 30.4. The largest absolute Gasteiger partial charge is 0.325 e. The maximum atomic E-state index is 13.6. The van der Waals surface area contributed by atoms with Gasteiger partial charge in [-0.05, 0) is 88.8 Å². The molecule has 3 aliphatic rings. The lowest BCUT2D eigenvalue weighted by Gasteiger charge is -2.42. The number of carbonyl (C=O) groups is 2. The van der Waals surface area contributed by atoms with Crippen LogP contribution >= 0.6 is 0 Å². The van der Waals surface area contributed by atoms with Crippen LogP contribution in [0.2, 0.25) is 0 Å². The molecule has 4 rings (SSSR count). The molecule has 33 heavy (non-hydrogen) atoms. The summed E-state index contributed by atoms with van der Waals surface area (Å²) in [6.45, 7) is 5.07. The van der Waals surface area contributed by atoms with Gasteiger partial charge in [-0.15, -0.1) is 5.92 Å². The molecule has 5 nitrogen and oxygen atoms in total. The summed E-state index contributed by atoms with van der Waals surface area (Å²) in [5.41, 5.74) is 0.482. The molecule has 2 unspecified atom stereocenters. The van der Waals surface area contributed by atoms with Gasteiger partial charge < -0.3 is 10.2 Å². The summed E-state index contributed by atoms with van der Waals surface area (Å²) in [5.74, 6) is 6.58. The number of nitrogens with zero attached hydrogens (tertiary/aromatic N) is 2. The van der Waals surface area contributed by atoms with Gasteiger partial charge in [-0.1, -0.05) is 48.4 Å². The molecule has 5 heteroatoms. The fraction of sp³-hybridized carbons (Fsp3) is 0.571. The molecule has 0 bridgehead atoms. The molecule has 0 aromatic heterocycles. The first-order valence-corrected chi connectivity index (χ1v) is 12.6. The molecule has 2 fully saturated rings. The Morgan fingerprint density at radius 2 is 1.88 bits per heavy atom. The number of amides is 3. The van der Waals surface area contributed by atoms with Crippen LogP contribution in [-0.4, -0.2) is 53.5 Å². The standard InChI is InChI=1S/C28H37N3O2/c1-2-3-19-31-26(32)28(29-27(31)33,18-10-15-23-11-6-4-7-12-23)25-16-20-30(21-17-25)22-24-13-8-5-9-14-24/h4-8,11-12,24-25H,9-10,13-22H2,1H3,(H,29,33). The first-order chi connectivity index (χ1) is 16.1. The molecule has 2 saturated heterocycles. The summed E-state index contributed by atoms with van der Waals surface area (Å²) >= 11 is 0. The van der Waals surface area contributed by atoms with Gasteiger partial charge in [0.1, 0.15) is 5.54 Å². The molecular formula is C28H37N3O2. The van der Waals surface area contributed by atoms with Crippen molar-refractivity contribution in [3.8, 4) is 11.8 Å². The Morgan fingerprint density at radius 3 is 2.58 bits per heavy atom. The summed E-state index contributed by atoms with van der Waals surface area (Å²) in [7, 11) is 0. The van der Waals surface area contributed by atoms with Crippen LogP contribution in [0.3, 0.4) is 0 Å². The van der Waals surface area contributed by atoms with E-state index in [-0.39, 0.29) is 24.4 Å². The van der Waals surface area contributed by atoms with Gasteiger partial charge in [-0.25, -0.2) is 4.79 Å². The number of nitrogens with one attached hydrogen (secondary N) is 1. The quantitative estimate of drug-likeness (QED) is 0.365. The molecule has 0 spiro atoms. The second-order valence-corrected chi connectivity index (χ2v) is 9.78. The highest BCUT2D eigenvalue weighted by Crippen LogP contribution is 2.38. The molecule has 2 atom stereocenters. The van der Waals surface area contributed by atoms with Crippen LogP contribution in [0.15, 0.2) is 42.5 Å². The molecule has 176 valence electrons. The third-order valence-corrected chi connectivity index (χ3v) is 7.67. The van der Waals surface area contributed by atoms with Gasteiger partial charge in [0.2, 0.25) is 0 Å². The minimum Gasteiger partial charge on any atom is -0.323 e. The molecule has 3 amide bonds. The smallest absolute Gasteiger partial charge is 0.323 e. The van der Waals surface area contributed by atoms with Crippen molar-refractivity contribution >= 4 is 11.9 Å². The van der Waals surface area contributed by atoms with E-state index in [4.69, 9.17) is 0 Å². The van der Waals surface area contributed by atoms with Gasteiger partial charge in [-0.3, -0.25) is 9.69 Å². The number of aryl methyl sites for hydroxylation is 1. The molecule has 1 aromatic rings. The SMILES string of the molecule is CC#CCN1C(=O)NC(CCCc2ccccc2)(C2CCN(CC3CC=CCC3)CC2)C1=O. The topological polar surface area (TPSA) is 52.7 Å². The Bertz CT molecular complexity index is 908. The monoisotopic (exact) mass is 447 g/mol. The molecule has 1 aromatic carbocycles. The fourth-order valence-corrected chi connectivity index (χ4v) is 5.81. The Hall–Kier alpha value is -2.58. The van der Waals surface area contributed by atoms with E-state index in [1.54, 1.807) is 6.92 Å². The summed E-state index contributed by atoms with van der Waals surface area (Å²) in [5, 5.41) is 3.17. The fourth-order valence-electron chi connectivity index (χ4n) is 5.81. The van der Waals surface area contributed by atoms with E-state index in [2.05, 4.69) is 58.5 Å². The van der Waals surface area contributed by atoms with Crippen molar-refractivity contribution in [1.29, 1.82) is 0 Å². The number of hydrogen-bond acceptors (Lipinski definition) is 3. The number of imide groups is 1. The number of rotatable bonds is 8. The van der Waals surface area contributed by atoms with E-state index in [9.17, 15) is 9.59 Å². The van der Waals surface area contributed by atoms with E-state index in [0.29, 0.717) is 6.42 Å². The number of likely N-dealkylation sites (tertiary alicyclic amines) is 1. The summed E-state index contributed by atoms with van der Waals surface area (Å²) in [6.07, 6.45) is 12.7. The number of hydrogen-bond donors (Lipinski definition) is 1. The number of carbonyl (C=O) groups excluding carboxylic acids is 2. The van der Waals surface area contributed by atoms with E-state index < -0.39 is 5.54 Å². The lowest BCUT2D eigenvalue weighted by molar-refractivity contribution is -0.134. The zero-order valence-electron chi connectivity index (χ0n) is 19.9. The third-order valence-electron chi connectivity index (χ3n) is 7.67. The van der Waals surface area contributed by atoms with Crippen molar-refractivity contribution in [1.82, 2.24) is 15.1 Å². The first-order valence-electron chi connectivity index (χ1n) is 12.6. The van der Waals surface area contributed by atoms with Gasteiger partial charge >= 0.3 is 6.03 Å². The normalized spacial score (nSPS) is 26.2. The van der Waals surface area contributed by atoms with Crippen LogP contribution in [0.4, 0.5) is 4.79 Å². The molecule has 2 heterocycles. The molecule has 1 N–H and O–H groups in total. The van der Waals surface area contributed by atoms with Gasteiger partial charge in [0.25, 0.3) is 5.91 Å². The predicted molar refractivity (Wildman–Crippen MR) is 131 cm³/mol.